The van der Waals surface area contributed by atoms with Gasteiger partial charge in [0.25, 0.3) is 0 Å². The van der Waals surface area contributed by atoms with Crippen LogP contribution < -0.4 is 5.32 Å². The maximum Gasteiger partial charge on any atom is 0.0438 e. The lowest BCUT2D eigenvalue weighted by molar-refractivity contribution is 0.572. The zero-order valence-corrected chi connectivity index (χ0v) is 12.3. The van der Waals surface area contributed by atoms with Gasteiger partial charge >= 0.3 is 0 Å². The molecule has 0 bridgehead atoms. The van der Waals surface area contributed by atoms with E-state index in [9.17, 15) is 0 Å². The normalized spacial score (nSPS) is 12.6. The molecule has 0 aliphatic rings. The average Bonchev–Trinajstić information content (AvgIpc) is 2.32. The van der Waals surface area contributed by atoms with Crippen LogP contribution in [0.1, 0.15) is 25.8 Å². The number of thioether (sulfide) groups is 1. The largest absolute Gasteiger partial charge is 0.313 e. The van der Waals surface area contributed by atoms with Crippen LogP contribution in [0.15, 0.2) is 24.3 Å². The molecule has 0 saturated carbocycles. The zero-order chi connectivity index (χ0) is 12.5. The Bertz CT molecular complexity index is 317. The van der Waals surface area contributed by atoms with Gasteiger partial charge in [0, 0.05) is 16.8 Å². The number of nitrogens with one attached hydrogen (secondary N) is 1. The molecule has 1 unspecified atom stereocenters. The van der Waals surface area contributed by atoms with Crippen molar-refractivity contribution >= 4 is 23.4 Å². The summed E-state index contributed by atoms with van der Waals surface area (Å²) in [6, 6.07) is 8.66. The van der Waals surface area contributed by atoms with Crippen LogP contribution in [0.5, 0.6) is 0 Å². The number of hydrogen-bond donors (Lipinski definition) is 1. The predicted octanol–water partition coefficient (Wildman–Crippen LogP) is 4.00. The first-order valence-corrected chi connectivity index (χ1v) is 7.85. The van der Waals surface area contributed by atoms with Crippen molar-refractivity contribution < 1.29 is 0 Å². The van der Waals surface area contributed by atoms with Gasteiger partial charge in [-0.2, -0.15) is 11.8 Å². The lowest BCUT2D eigenvalue weighted by Crippen LogP contribution is -2.33. The van der Waals surface area contributed by atoms with Crippen LogP contribution in [0.3, 0.4) is 0 Å². The molecule has 1 aromatic rings. The summed E-state index contributed by atoms with van der Waals surface area (Å²) < 4.78 is 0. The van der Waals surface area contributed by atoms with E-state index in [4.69, 9.17) is 11.6 Å². The Morgan fingerprint density at radius 2 is 2.06 bits per heavy atom. The molecule has 17 heavy (non-hydrogen) atoms. The summed E-state index contributed by atoms with van der Waals surface area (Å²) in [7, 11) is 0. The summed E-state index contributed by atoms with van der Waals surface area (Å²) in [5, 5.41) is 4.42. The molecule has 0 fully saturated rings. The second kappa shape index (κ2) is 8.84. The molecule has 0 amide bonds. The quantitative estimate of drug-likeness (QED) is 0.717. The first-order chi connectivity index (χ1) is 8.27. The fourth-order valence-corrected chi connectivity index (χ4v) is 2.97. The molecule has 1 rings (SSSR count). The van der Waals surface area contributed by atoms with E-state index < -0.39 is 0 Å². The minimum atomic E-state index is 0.524. The highest BCUT2D eigenvalue weighted by Gasteiger charge is 2.10. The van der Waals surface area contributed by atoms with Crippen molar-refractivity contribution in [2.75, 3.05) is 18.1 Å². The summed E-state index contributed by atoms with van der Waals surface area (Å²) in [5.41, 5.74) is 1.25. The number of rotatable bonds is 8. The summed E-state index contributed by atoms with van der Waals surface area (Å²) in [5.74, 6) is 2.40. The van der Waals surface area contributed by atoms with Gasteiger partial charge in [0.15, 0.2) is 0 Å². The average molecular weight is 272 g/mol. The minimum absolute atomic E-state index is 0.524. The van der Waals surface area contributed by atoms with Gasteiger partial charge in [0.05, 0.1) is 0 Å². The summed E-state index contributed by atoms with van der Waals surface area (Å²) in [4.78, 5) is 0. The molecule has 0 aromatic heterocycles. The van der Waals surface area contributed by atoms with E-state index in [2.05, 4.69) is 31.3 Å². The van der Waals surface area contributed by atoms with Crippen LogP contribution in [0.25, 0.3) is 0 Å². The minimum Gasteiger partial charge on any atom is -0.313 e. The Morgan fingerprint density at radius 1 is 1.29 bits per heavy atom. The first kappa shape index (κ1) is 14.9. The molecular formula is C14H22ClNS. The van der Waals surface area contributed by atoms with E-state index in [-0.39, 0.29) is 0 Å². The maximum absolute atomic E-state index is 6.20. The Hall–Kier alpha value is -0.180. The molecule has 0 heterocycles. The third-order valence-corrected chi connectivity index (χ3v) is 4.29. The van der Waals surface area contributed by atoms with Crippen LogP contribution in [-0.4, -0.2) is 24.1 Å². The topological polar surface area (TPSA) is 12.0 Å². The molecule has 0 saturated heterocycles. The van der Waals surface area contributed by atoms with E-state index in [1.165, 1.54) is 17.7 Å². The van der Waals surface area contributed by atoms with Crippen LogP contribution in [0, 0.1) is 0 Å². The molecule has 1 nitrogen and oxygen atoms in total. The second-order valence-electron chi connectivity index (χ2n) is 4.13. The number of halogens is 1. The van der Waals surface area contributed by atoms with Crippen molar-refractivity contribution in [3.05, 3.63) is 34.9 Å². The SMILES string of the molecule is CCCSCC(Cc1ccccc1Cl)NCC. The van der Waals surface area contributed by atoms with Gasteiger partial charge in [0.2, 0.25) is 0 Å². The maximum atomic E-state index is 6.20. The lowest BCUT2D eigenvalue weighted by atomic mass is 10.1. The van der Waals surface area contributed by atoms with Gasteiger partial charge in [-0.3, -0.25) is 0 Å². The van der Waals surface area contributed by atoms with Crippen LogP contribution in [-0.2, 0) is 6.42 Å². The van der Waals surface area contributed by atoms with Crippen LogP contribution >= 0.6 is 23.4 Å². The molecular weight excluding hydrogens is 250 g/mol. The zero-order valence-electron chi connectivity index (χ0n) is 10.7. The van der Waals surface area contributed by atoms with Crippen molar-refractivity contribution in [2.24, 2.45) is 0 Å². The van der Waals surface area contributed by atoms with Gasteiger partial charge in [-0.1, -0.05) is 43.6 Å². The highest BCUT2D eigenvalue weighted by Crippen LogP contribution is 2.18. The summed E-state index contributed by atoms with van der Waals surface area (Å²) >= 11 is 8.22. The molecule has 3 heteroatoms. The Balaban J connectivity index is 2.50. The molecule has 0 spiro atoms. The van der Waals surface area contributed by atoms with E-state index >= 15 is 0 Å². The molecule has 1 N–H and O–H groups in total. The highest BCUT2D eigenvalue weighted by molar-refractivity contribution is 7.99. The van der Waals surface area contributed by atoms with Crippen molar-refractivity contribution in [3.63, 3.8) is 0 Å². The van der Waals surface area contributed by atoms with Gasteiger partial charge < -0.3 is 5.32 Å². The number of benzene rings is 1. The van der Waals surface area contributed by atoms with E-state index in [0.29, 0.717) is 6.04 Å². The van der Waals surface area contributed by atoms with Crippen LogP contribution in [0.2, 0.25) is 5.02 Å². The summed E-state index contributed by atoms with van der Waals surface area (Å²) in [6.07, 6.45) is 2.26. The Kier molecular flexibility index (Phi) is 7.74. The number of hydrogen-bond acceptors (Lipinski definition) is 2. The van der Waals surface area contributed by atoms with Gasteiger partial charge in [0.1, 0.15) is 0 Å². The Labute approximate surface area is 114 Å². The van der Waals surface area contributed by atoms with Crippen molar-refractivity contribution in [1.29, 1.82) is 0 Å². The second-order valence-corrected chi connectivity index (χ2v) is 5.68. The molecule has 0 aliphatic heterocycles. The number of likely N-dealkylation sites (N-methyl/N-ethyl adjacent to an activating group) is 1. The van der Waals surface area contributed by atoms with Crippen LogP contribution in [0.4, 0.5) is 0 Å². The van der Waals surface area contributed by atoms with Crippen molar-refractivity contribution in [3.8, 4) is 0 Å². The van der Waals surface area contributed by atoms with E-state index in [0.717, 1.165) is 23.7 Å². The first-order valence-electron chi connectivity index (χ1n) is 6.32. The van der Waals surface area contributed by atoms with Gasteiger partial charge in [-0.05, 0) is 36.8 Å². The highest BCUT2D eigenvalue weighted by atomic mass is 35.5. The monoisotopic (exact) mass is 271 g/mol. The van der Waals surface area contributed by atoms with Gasteiger partial charge in [-0.15, -0.1) is 0 Å². The molecule has 0 aliphatic carbocycles. The van der Waals surface area contributed by atoms with Crippen molar-refractivity contribution in [2.45, 2.75) is 32.7 Å². The molecule has 0 radical (unpaired) electrons. The lowest BCUT2D eigenvalue weighted by Gasteiger charge is -2.18. The van der Waals surface area contributed by atoms with E-state index in [1.54, 1.807) is 0 Å². The molecule has 96 valence electrons. The molecule has 1 aromatic carbocycles. The summed E-state index contributed by atoms with van der Waals surface area (Å²) in [6.45, 7) is 5.40. The molecule has 1 atom stereocenters. The standard InChI is InChI=1S/C14H22ClNS/c1-3-9-17-11-13(16-4-2)10-12-7-5-6-8-14(12)15/h5-8,13,16H,3-4,9-11H2,1-2H3. The third-order valence-electron chi connectivity index (χ3n) is 2.58. The Morgan fingerprint density at radius 3 is 2.71 bits per heavy atom. The van der Waals surface area contributed by atoms with Gasteiger partial charge in [-0.25, -0.2) is 0 Å². The predicted molar refractivity (Wildman–Crippen MR) is 80.2 cm³/mol. The third kappa shape index (κ3) is 5.80. The fraction of sp³-hybridized carbons (Fsp3) is 0.571. The van der Waals surface area contributed by atoms with E-state index in [1.807, 2.05) is 23.9 Å². The van der Waals surface area contributed by atoms with Crippen molar-refractivity contribution in [1.82, 2.24) is 5.32 Å². The fourth-order valence-electron chi connectivity index (χ4n) is 1.78. The smallest absolute Gasteiger partial charge is 0.0438 e.